The lowest BCUT2D eigenvalue weighted by Crippen LogP contribution is -2.42. The van der Waals surface area contributed by atoms with Gasteiger partial charge in [-0.25, -0.2) is 9.67 Å². The van der Waals surface area contributed by atoms with Crippen LogP contribution in [-0.2, 0) is 13.1 Å². The zero-order valence-corrected chi connectivity index (χ0v) is 12.0. The predicted molar refractivity (Wildman–Crippen MR) is 74.2 cm³/mol. The third kappa shape index (κ3) is 2.80. The molecule has 1 aliphatic carbocycles. The Hall–Kier alpha value is -1.83. The van der Waals surface area contributed by atoms with Gasteiger partial charge in [0.15, 0.2) is 5.82 Å². The molecule has 0 unspecified atom stereocenters. The molecule has 0 N–H and O–H groups in total. The molecule has 0 spiro atoms. The molecule has 1 saturated carbocycles. The highest BCUT2D eigenvalue weighted by molar-refractivity contribution is 4.92. The lowest BCUT2D eigenvalue weighted by Gasteiger charge is -2.35. The highest BCUT2D eigenvalue weighted by Crippen LogP contribution is 2.34. The first-order valence-corrected chi connectivity index (χ1v) is 7.73. The lowest BCUT2D eigenvalue weighted by atomic mass is 10.0. The molecule has 4 rings (SSSR count). The van der Waals surface area contributed by atoms with Crippen LogP contribution in [0.25, 0.3) is 0 Å². The van der Waals surface area contributed by atoms with Crippen LogP contribution in [0.4, 0.5) is 0 Å². The van der Waals surface area contributed by atoms with E-state index in [9.17, 15) is 0 Å². The van der Waals surface area contributed by atoms with Crippen molar-refractivity contribution >= 4 is 0 Å². The Morgan fingerprint density at radius 1 is 1.19 bits per heavy atom. The van der Waals surface area contributed by atoms with Gasteiger partial charge in [-0.3, -0.25) is 9.58 Å². The molecule has 3 heterocycles. The van der Waals surface area contributed by atoms with Crippen molar-refractivity contribution in [1.29, 1.82) is 0 Å². The third-order valence-corrected chi connectivity index (χ3v) is 4.41. The number of nitrogens with zero attached hydrogens (tertiary/aromatic N) is 8. The van der Waals surface area contributed by atoms with Crippen LogP contribution in [0.2, 0.25) is 0 Å². The van der Waals surface area contributed by atoms with E-state index < -0.39 is 0 Å². The molecular formula is C13H20N8. The summed E-state index contributed by atoms with van der Waals surface area (Å²) in [5.74, 6) is 1.00. The number of aromatic nitrogens is 7. The molecule has 1 atom stereocenters. The fourth-order valence-electron chi connectivity index (χ4n) is 3.12. The van der Waals surface area contributed by atoms with Gasteiger partial charge in [-0.15, -0.1) is 5.10 Å². The summed E-state index contributed by atoms with van der Waals surface area (Å²) >= 11 is 0. The minimum atomic E-state index is 0.491. The average Bonchev–Trinajstić information content (AvgIpc) is 3.02. The summed E-state index contributed by atoms with van der Waals surface area (Å²) < 4.78 is 3.94. The third-order valence-electron chi connectivity index (χ3n) is 4.41. The summed E-state index contributed by atoms with van der Waals surface area (Å²) in [6.45, 7) is 2.84. The summed E-state index contributed by atoms with van der Waals surface area (Å²) in [4.78, 5) is 6.53. The normalized spacial score (nSPS) is 23.5. The van der Waals surface area contributed by atoms with E-state index in [0.717, 1.165) is 25.5 Å². The van der Waals surface area contributed by atoms with Crippen LogP contribution in [0.15, 0.2) is 12.7 Å². The maximum absolute atomic E-state index is 4.23. The highest BCUT2D eigenvalue weighted by Gasteiger charge is 2.30. The number of piperidine rings is 1. The SMILES string of the molecule is c1ncn(C[C@@H]2CCCCN2Cc2nnnn2C2CC2)n1. The quantitative estimate of drug-likeness (QED) is 0.804. The second-order valence-corrected chi connectivity index (χ2v) is 6.01. The Bertz CT molecular complexity index is 573. The minimum absolute atomic E-state index is 0.491. The topological polar surface area (TPSA) is 77.5 Å². The van der Waals surface area contributed by atoms with Gasteiger partial charge in [0, 0.05) is 6.04 Å². The van der Waals surface area contributed by atoms with Crippen molar-refractivity contribution in [2.45, 2.75) is 57.3 Å². The average molecular weight is 288 g/mol. The van der Waals surface area contributed by atoms with Crippen LogP contribution in [0.5, 0.6) is 0 Å². The number of tetrazole rings is 1. The van der Waals surface area contributed by atoms with Crippen LogP contribution in [0.1, 0.15) is 44.0 Å². The fourth-order valence-corrected chi connectivity index (χ4v) is 3.12. The molecule has 21 heavy (non-hydrogen) atoms. The van der Waals surface area contributed by atoms with Gasteiger partial charge in [-0.05, 0) is 42.7 Å². The summed E-state index contributed by atoms with van der Waals surface area (Å²) in [7, 11) is 0. The first kappa shape index (κ1) is 12.9. The van der Waals surface area contributed by atoms with Gasteiger partial charge in [0.2, 0.25) is 0 Å². The molecule has 2 fully saturated rings. The first-order valence-electron chi connectivity index (χ1n) is 7.73. The molecule has 1 saturated heterocycles. The van der Waals surface area contributed by atoms with Crippen molar-refractivity contribution in [3.8, 4) is 0 Å². The Morgan fingerprint density at radius 3 is 2.95 bits per heavy atom. The monoisotopic (exact) mass is 288 g/mol. The summed E-state index contributed by atoms with van der Waals surface area (Å²) in [6, 6.07) is 1.03. The molecule has 2 aromatic rings. The number of hydrogen-bond donors (Lipinski definition) is 0. The first-order chi connectivity index (χ1) is 10.4. The second-order valence-electron chi connectivity index (χ2n) is 6.01. The predicted octanol–water partition coefficient (Wildman–Crippen LogP) is 0.654. The molecule has 8 nitrogen and oxygen atoms in total. The van der Waals surface area contributed by atoms with Gasteiger partial charge >= 0.3 is 0 Å². The smallest absolute Gasteiger partial charge is 0.165 e. The lowest BCUT2D eigenvalue weighted by molar-refractivity contribution is 0.116. The maximum Gasteiger partial charge on any atom is 0.165 e. The van der Waals surface area contributed by atoms with Gasteiger partial charge in [0.25, 0.3) is 0 Å². The van der Waals surface area contributed by atoms with E-state index in [1.54, 1.807) is 12.7 Å². The van der Waals surface area contributed by atoms with Crippen LogP contribution in [0.3, 0.4) is 0 Å². The van der Waals surface area contributed by atoms with Crippen molar-refractivity contribution in [2.75, 3.05) is 6.54 Å². The zero-order valence-electron chi connectivity index (χ0n) is 12.0. The van der Waals surface area contributed by atoms with Crippen molar-refractivity contribution in [1.82, 2.24) is 39.9 Å². The van der Waals surface area contributed by atoms with Crippen molar-refractivity contribution < 1.29 is 0 Å². The molecule has 0 radical (unpaired) electrons. The standard InChI is InChI=1S/C13H20N8/c1-2-6-19(12(3-1)7-20-10-14-9-15-20)8-13-16-17-18-21(13)11-4-5-11/h9-12H,1-8H2/t12-/m0/s1. The van der Waals surface area contributed by atoms with E-state index in [1.165, 1.54) is 32.1 Å². The minimum Gasteiger partial charge on any atom is -0.291 e. The molecule has 0 aromatic carbocycles. The maximum atomic E-state index is 4.23. The Labute approximate surface area is 123 Å². The van der Waals surface area contributed by atoms with Crippen LogP contribution >= 0.6 is 0 Å². The summed E-state index contributed by atoms with van der Waals surface area (Å²) in [5, 5.41) is 16.5. The van der Waals surface area contributed by atoms with Gasteiger partial charge in [-0.1, -0.05) is 6.42 Å². The molecule has 0 bridgehead atoms. The molecular weight excluding hydrogens is 268 g/mol. The molecule has 8 heteroatoms. The number of rotatable bonds is 5. The highest BCUT2D eigenvalue weighted by atomic mass is 15.6. The van der Waals surface area contributed by atoms with Crippen molar-refractivity contribution in [2.24, 2.45) is 0 Å². The van der Waals surface area contributed by atoms with Crippen molar-refractivity contribution in [3.05, 3.63) is 18.5 Å². The number of likely N-dealkylation sites (tertiary alicyclic amines) is 1. The van der Waals surface area contributed by atoms with Crippen molar-refractivity contribution in [3.63, 3.8) is 0 Å². The van der Waals surface area contributed by atoms with Gasteiger partial charge in [0.1, 0.15) is 12.7 Å². The molecule has 112 valence electrons. The molecule has 0 amide bonds. The van der Waals surface area contributed by atoms with Gasteiger partial charge in [0.05, 0.1) is 19.1 Å². The Balaban J connectivity index is 1.47. The van der Waals surface area contributed by atoms with Gasteiger partial charge < -0.3 is 0 Å². The van der Waals surface area contributed by atoms with E-state index in [2.05, 4.69) is 30.5 Å². The molecule has 2 aromatic heterocycles. The van der Waals surface area contributed by atoms with E-state index in [0.29, 0.717) is 12.1 Å². The summed E-state index contributed by atoms with van der Waals surface area (Å²) in [5.41, 5.74) is 0. The second kappa shape index (κ2) is 5.51. The number of hydrogen-bond acceptors (Lipinski definition) is 6. The zero-order chi connectivity index (χ0) is 14.1. The largest absolute Gasteiger partial charge is 0.291 e. The fraction of sp³-hybridized carbons (Fsp3) is 0.769. The Morgan fingerprint density at radius 2 is 2.14 bits per heavy atom. The van der Waals surface area contributed by atoms with Crippen LogP contribution in [-0.4, -0.2) is 52.5 Å². The van der Waals surface area contributed by atoms with E-state index in [4.69, 9.17) is 0 Å². The van der Waals surface area contributed by atoms with E-state index in [1.807, 2.05) is 9.36 Å². The molecule has 1 aliphatic heterocycles. The van der Waals surface area contributed by atoms with Crippen LogP contribution < -0.4 is 0 Å². The Kier molecular flexibility index (Phi) is 3.38. The van der Waals surface area contributed by atoms with E-state index >= 15 is 0 Å². The van der Waals surface area contributed by atoms with Crippen LogP contribution in [0, 0.1) is 0 Å². The van der Waals surface area contributed by atoms with Gasteiger partial charge in [-0.2, -0.15) is 5.10 Å². The van der Waals surface area contributed by atoms with E-state index in [-0.39, 0.29) is 0 Å². The molecule has 2 aliphatic rings. The summed E-state index contributed by atoms with van der Waals surface area (Å²) in [6.07, 6.45) is 9.54.